The van der Waals surface area contributed by atoms with Gasteiger partial charge in [0, 0.05) is 12.1 Å². The standard InChI is InChI=1S/C11H14FNO2/c12-9-4-2-1-3-8(9)11(6-15-7-11)10(14)5-13/h1-4,10,14H,5-7,13H2. The van der Waals surface area contributed by atoms with Crippen molar-refractivity contribution < 1.29 is 14.2 Å². The summed E-state index contributed by atoms with van der Waals surface area (Å²) in [5.74, 6) is -0.312. The van der Waals surface area contributed by atoms with Crippen molar-refractivity contribution in [1.29, 1.82) is 0 Å². The largest absolute Gasteiger partial charge is 0.391 e. The first-order valence-electron chi connectivity index (χ1n) is 4.91. The molecule has 0 amide bonds. The zero-order chi connectivity index (χ0) is 10.9. The van der Waals surface area contributed by atoms with E-state index in [-0.39, 0.29) is 12.4 Å². The van der Waals surface area contributed by atoms with Gasteiger partial charge in [0.25, 0.3) is 0 Å². The Morgan fingerprint density at radius 1 is 1.47 bits per heavy atom. The Balaban J connectivity index is 2.38. The van der Waals surface area contributed by atoms with Gasteiger partial charge in [0.1, 0.15) is 5.82 Å². The Morgan fingerprint density at radius 2 is 2.13 bits per heavy atom. The van der Waals surface area contributed by atoms with Crippen molar-refractivity contribution in [3.05, 3.63) is 35.6 Å². The molecule has 0 aromatic heterocycles. The van der Waals surface area contributed by atoms with Crippen LogP contribution < -0.4 is 5.73 Å². The average Bonchev–Trinajstić information content (AvgIpc) is 2.19. The molecular formula is C11H14FNO2. The van der Waals surface area contributed by atoms with Crippen molar-refractivity contribution in [2.24, 2.45) is 5.73 Å². The number of hydrogen-bond donors (Lipinski definition) is 2. The van der Waals surface area contributed by atoms with E-state index in [0.717, 1.165) is 0 Å². The van der Waals surface area contributed by atoms with Crippen molar-refractivity contribution in [3.8, 4) is 0 Å². The lowest BCUT2D eigenvalue weighted by Crippen LogP contribution is -2.58. The summed E-state index contributed by atoms with van der Waals surface area (Å²) in [7, 11) is 0. The minimum Gasteiger partial charge on any atom is -0.391 e. The van der Waals surface area contributed by atoms with Gasteiger partial charge < -0.3 is 15.6 Å². The molecule has 1 heterocycles. The SMILES string of the molecule is NCC(O)C1(c2ccccc2F)COC1. The lowest BCUT2D eigenvalue weighted by atomic mass is 9.73. The summed E-state index contributed by atoms with van der Waals surface area (Å²) in [6.45, 7) is 0.760. The van der Waals surface area contributed by atoms with Crippen LogP contribution in [-0.4, -0.2) is 31.0 Å². The van der Waals surface area contributed by atoms with Crippen LogP contribution in [0, 0.1) is 5.82 Å². The van der Waals surface area contributed by atoms with Gasteiger partial charge in [-0.2, -0.15) is 0 Å². The number of aliphatic hydroxyl groups is 1. The fourth-order valence-corrected chi connectivity index (χ4v) is 1.94. The van der Waals surface area contributed by atoms with E-state index < -0.39 is 11.5 Å². The number of aliphatic hydroxyl groups excluding tert-OH is 1. The van der Waals surface area contributed by atoms with Crippen molar-refractivity contribution >= 4 is 0 Å². The van der Waals surface area contributed by atoms with Gasteiger partial charge in [0.15, 0.2) is 0 Å². The zero-order valence-electron chi connectivity index (χ0n) is 8.32. The van der Waals surface area contributed by atoms with Gasteiger partial charge in [-0.15, -0.1) is 0 Å². The quantitative estimate of drug-likeness (QED) is 0.761. The van der Waals surface area contributed by atoms with E-state index in [1.54, 1.807) is 18.2 Å². The first-order valence-corrected chi connectivity index (χ1v) is 4.91. The Morgan fingerprint density at radius 3 is 2.60 bits per heavy atom. The number of halogens is 1. The summed E-state index contributed by atoms with van der Waals surface area (Å²) in [6.07, 6.45) is -0.761. The molecule has 4 heteroatoms. The van der Waals surface area contributed by atoms with E-state index in [4.69, 9.17) is 10.5 Å². The molecule has 1 aliphatic rings. The molecule has 15 heavy (non-hydrogen) atoms. The second kappa shape index (κ2) is 3.89. The molecule has 1 atom stereocenters. The monoisotopic (exact) mass is 211 g/mol. The van der Waals surface area contributed by atoms with E-state index in [1.165, 1.54) is 6.07 Å². The molecule has 0 aliphatic carbocycles. The van der Waals surface area contributed by atoms with Crippen LogP contribution in [0.4, 0.5) is 4.39 Å². The third-order valence-electron chi connectivity index (χ3n) is 2.99. The van der Waals surface area contributed by atoms with Gasteiger partial charge in [-0.25, -0.2) is 4.39 Å². The van der Waals surface area contributed by atoms with Crippen molar-refractivity contribution in [2.45, 2.75) is 11.5 Å². The molecule has 0 radical (unpaired) electrons. The number of ether oxygens (including phenoxy) is 1. The number of hydrogen-bond acceptors (Lipinski definition) is 3. The molecule has 1 unspecified atom stereocenters. The van der Waals surface area contributed by atoms with Gasteiger partial charge in [-0.05, 0) is 6.07 Å². The lowest BCUT2D eigenvalue weighted by Gasteiger charge is -2.45. The Labute approximate surface area is 87.7 Å². The molecule has 1 fully saturated rings. The summed E-state index contributed by atoms with van der Waals surface area (Å²) in [5.41, 5.74) is 5.27. The summed E-state index contributed by atoms with van der Waals surface area (Å²) in [5, 5.41) is 9.83. The fraction of sp³-hybridized carbons (Fsp3) is 0.455. The number of nitrogens with two attached hydrogens (primary N) is 1. The fourth-order valence-electron chi connectivity index (χ4n) is 1.94. The molecular weight excluding hydrogens is 197 g/mol. The van der Waals surface area contributed by atoms with E-state index in [0.29, 0.717) is 18.8 Å². The summed E-state index contributed by atoms with van der Waals surface area (Å²) < 4.78 is 18.7. The van der Waals surface area contributed by atoms with Crippen LogP contribution in [0.3, 0.4) is 0 Å². The smallest absolute Gasteiger partial charge is 0.127 e. The summed E-state index contributed by atoms with van der Waals surface area (Å²) >= 11 is 0. The van der Waals surface area contributed by atoms with Crippen LogP contribution in [-0.2, 0) is 10.2 Å². The van der Waals surface area contributed by atoms with Crippen molar-refractivity contribution in [3.63, 3.8) is 0 Å². The van der Waals surface area contributed by atoms with Crippen LogP contribution in [0.2, 0.25) is 0 Å². The highest BCUT2D eigenvalue weighted by Crippen LogP contribution is 2.36. The minimum atomic E-state index is -0.761. The predicted molar refractivity (Wildman–Crippen MR) is 54.0 cm³/mol. The molecule has 82 valence electrons. The molecule has 0 saturated carbocycles. The molecule has 2 rings (SSSR count). The van der Waals surface area contributed by atoms with Gasteiger partial charge in [-0.1, -0.05) is 18.2 Å². The zero-order valence-corrected chi connectivity index (χ0v) is 8.32. The topological polar surface area (TPSA) is 55.5 Å². The van der Waals surface area contributed by atoms with E-state index in [1.807, 2.05) is 0 Å². The van der Waals surface area contributed by atoms with Crippen LogP contribution in [0.5, 0.6) is 0 Å². The lowest BCUT2D eigenvalue weighted by molar-refractivity contribution is -0.118. The summed E-state index contributed by atoms with van der Waals surface area (Å²) in [6, 6.07) is 6.44. The Hall–Kier alpha value is -0.970. The molecule has 3 N–H and O–H groups in total. The van der Waals surface area contributed by atoms with Gasteiger partial charge in [-0.3, -0.25) is 0 Å². The van der Waals surface area contributed by atoms with Crippen LogP contribution in [0.1, 0.15) is 5.56 Å². The van der Waals surface area contributed by atoms with E-state index in [2.05, 4.69) is 0 Å². The van der Waals surface area contributed by atoms with Crippen LogP contribution >= 0.6 is 0 Å². The minimum absolute atomic E-state index is 0.109. The highest BCUT2D eigenvalue weighted by atomic mass is 19.1. The highest BCUT2D eigenvalue weighted by molar-refractivity contribution is 5.31. The molecule has 1 saturated heterocycles. The maximum absolute atomic E-state index is 13.6. The van der Waals surface area contributed by atoms with Crippen LogP contribution in [0.15, 0.2) is 24.3 Å². The summed E-state index contributed by atoms with van der Waals surface area (Å²) in [4.78, 5) is 0. The van der Waals surface area contributed by atoms with Gasteiger partial charge >= 0.3 is 0 Å². The normalized spacial score (nSPS) is 20.7. The van der Waals surface area contributed by atoms with Crippen molar-refractivity contribution in [2.75, 3.05) is 19.8 Å². The van der Waals surface area contributed by atoms with E-state index >= 15 is 0 Å². The number of rotatable bonds is 3. The molecule has 1 aromatic rings. The maximum atomic E-state index is 13.6. The Kier molecular flexibility index (Phi) is 2.73. The van der Waals surface area contributed by atoms with E-state index in [9.17, 15) is 9.50 Å². The molecule has 3 nitrogen and oxygen atoms in total. The third kappa shape index (κ3) is 1.55. The van der Waals surface area contributed by atoms with Crippen molar-refractivity contribution in [1.82, 2.24) is 0 Å². The second-order valence-corrected chi connectivity index (χ2v) is 3.88. The molecule has 0 bridgehead atoms. The van der Waals surface area contributed by atoms with Gasteiger partial charge in [0.2, 0.25) is 0 Å². The number of benzene rings is 1. The third-order valence-corrected chi connectivity index (χ3v) is 2.99. The molecule has 1 aromatic carbocycles. The first kappa shape index (κ1) is 10.5. The first-order chi connectivity index (χ1) is 7.20. The predicted octanol–water partition coefficient (Wildman–Crippen LogP) is 0.413. The van der Waals surface area contributed by atoms with Crippen LogP contribution in [0.25, 0.3) is 0 Å². The highest BCUT2D eigenvalue weighted by Gasteiger charge is 2.47. The maximum Gasteiger partial charge on any atom is 0.127 e. The van der Waals surface area contributed by atoms with Gasteiger partial charge in [0.05, 0.1) is 24.7 Å². The molecule has 0 spiro atoms. The molecule has 1 aliphatic heterocycles. The second-order valence-electron chi connectivity index (χ2n) is 3.88. The Bertz CT molecular complexity index is 352. The average molecular weight is 211 g/mol.